The first kappa shape index (κ1) is 13.2. The molecule has 0 saturated carbocycles. The average Bonchev–Trinajstić information content (AvgIpc) is 3.02. The number of H-pyrrole nitrogens is 1. The number of aromatic nitrogens is 1. The Hall–Kier alpha value is -2.25. The lowest BCUT2D eigenvalue weighted by Crippen LogP contribution is -2.14. The van der Waals surface area contributed by atoms with Crippen LogP contribution in [0.1, 0.15) is 25.0 Å². The van der Waals surface area contributed by atoms with Crippen LogP contribution in [0.5, 0.6) is 0 Å². The first-order valence-corrected chi connectivity index (χ1v) is 8.29. The third kappa shape index (κ3) is 1.58. The Morgan fingerprint density at radius 3 is 2.57 bits per heavy atom. The number of fused-ring (bicyclic) bond motifs is 7. The standard InChI is InChI=1S/C21H16ClN/c1-21(2)16-10-9-14-13-5-3-4-6-18(13)23-20(14)19(16)15-8-7-12(22)11-17(15)21/h3-11,23H,1-2H3. The zero-order valence-electron chi connectivity index (χ0n) is 13.1. The van der Waals surface area contributed by atoms with Crippen molar-refractivity contribution in [1.29, 1.82) is 0 Å². The van der Waals surface area contributed by atoms with Crippen LogP contribution in [-0.2, 0) is 5.41 Å². The summed E-state index contributed by atoms with van der Waals surface area (Å²) in [6.07, 6.45) is 0. The number of nitrogens with one attached hydrogen (secondary N) is 1. The van der Waals surface area contributed by atoms with E-state index in [2.05, 4.69) is 67.4 Å². The number of rotatable bonds is 0. The Kier molecular flexibility index (Phi) is 2.40. The van der Waals surface area contributed by atoms with E-state index in [4.69, 9.17) is 11.6 Å². The Labute approximate surface area is 139 Å². The second kappa shape index (κ2) is 4.18. The fraction of sp³-hybridized carbons (Fsp3) is 0.143. The van der Waals surface area contributed by atoms with Gasteiger partial charge in [0.05, 0.1) is 5.52 Å². The van der Waals surface area contributed by atoms with E-state index in [1.165, 1.54) is 44.1 Å². The zero-order valence-corrected chi connectivity index (χ0v) is 13.8. The number of para-hydroxylation sites is 1. The van der Waals surface area contributed by atoms with Gasteiger partial charge in [0.25, 0.3) is 0 Å². The van der Waals surface area contributed by atoms with E-state index in [1.807, 2.05) is 6.07 Å². The summed E-state index contributed by atoms with van der Waals surface area (Å²) < 4.78 is 0. The topological polar surface area (TPSA) is 15.8 Å². The van der Waals surface area contributed by atoms with Crippen LogP contribution in [0, 0.1) is 0 Å². The van der Waals surface area contributed by atoms with Crippen LogP contribution in [0.4, 0.5) is 0 Å². The minimum atomic E-state index is -0.0267. The summed E-state index contributed by atoms with van der Waals surface area (Å²) in [5, 5.41) is 3.38. The monoisotopic (exact) mass is 317 g/mol. The van der Waals surface area contributed by atoms with Gasteiger partial charge in [0, 0.05) is 32.3 Å². The smallest absolute Gasteiger partial charge is 0.0547 e. The molecule has 2 heteroatoms. The molecule has 23 heavy (non-hydrogen) atoms. The highest BCUT2D eigenvalue weighted by Gasteiger charge is 2.37. The minimum Gasteiger partial charge on any atom is -0.354 e. The normalized spacial score (nSPS) is 15.1. The fourth-order valence-corrected chi connectivity index (χ4v) is 4.29. The SMILES string of the molecule is CC1(C)c2cc(Cl)ccc2-c2c1ccc1c2[nH]c2ccccc21. The molecule has 4 aromatic rings. The molecule has 0 bridgehead atoms. The average molecular weight is 318 g/mol. The highest BCUT2D eigenvalue weighted by atomic mass is 35.5. The third-order valence-electron chi connectivity index (χ3n) is 5.28. The Morgan fingerprint density at radius 1 is 0.870 bits per heavy atom. The first-order chi connectivity index (χ1) is 11.1. The number of halogens is 1. The van der Waals surface area contributed by atoms with Gasteiger partial charge in [0.2, 0.25) is 0 Å². The van der Waals surface area contributed by atoms with E-state index in [-0.39, 0.29) is 5.41 Å². The molecule has 0 unspecified atom stereocenters. The second-order valence-electron chi connectivity index (χ2n) is 6.90. The van der Waals surface area contributed by atoms with Crippen LogP contribution in [0.3, 0.4) is 0 Å². The highest BCUT2D eigenvalue weighted by Crippen LogP contribution is 2.52. The lowest BCUT2D eigenvalue weighted by atomic mass is 9.82. The van der Waals surface area contributed by atoms with E-state index in [9.17, 15) is 0 Å². The van der Waals surface area contributed by atoms with Gasteiger partial charge in [-0.05, 0) is 34.9 Å². The maximum Gasteiger partial charge on any atom is 0.0547 e. The van der Waals surface area contributed by atoms with Crippen LogP contribution in [0.25, 0.3) is 32.9 Å². The number of hydrogen-bond donors (Lipinski definition) is 1. The Morgan fingerprint density at radius 2 is 1.70 bits per heavy atom. The highest BCUT2D eigenvalue weighted by molar-refractivity contribution is 6.31. The van der Waals surface area contributed by atoms with Gasteiger partial charge in [0.1, 0.15) is 0 Å². The molecule has 1 aliphatic rings. The molecular formula is C21H16ClN. The van der Waals surface area contributed by atoms with Crippen LogP contribution in [0.2, 0.25) is 5.02 Å². The summed E-state index contributed by atoms with van der Waals surface area (Å²) in [6.45, 7) is 4.56. The molecule has 1 N–H and O–H groups in total. The maximum atomic E-state index is 6.27. The van der Waals surface area contributed by atoms with E-state index < -0.39 is 0 Å². The minimum absolute atomic E-state index is 0.0267. The second-order valence-corrected chi connectivity index (χ2v) is 7.33. The number of hydrogen-bond acceptors (Lipinski definition) is 0. The van der Waals surface area contributed by atoms with Gasteiger partial charge in [-0.25, -0.2) is 0 Å². The molecule has 5 rings (SSSR count). The van der Waals surface area contributed by atoms with Crippen molar-refractivity contribution in [3.05, 3.63) is 70.7 Å². The van der Waals surface area contributed by atoms with Crippen LogP contribution in [-0.4, -0.2) is 4.98 Å². The maximum absolute atomic E-state index is 6.27. The summed E-state index contributed by atoms with van der Waals surface area (Å²) in [5.41, 5.74) is 7.71. The third-order valence-corrected chi connectivity index (χ3v) is 5.51. The van der Waals surface area contributed by atoms with Gasteiger partial charge >= 0.3 is 0 Å². The molecule has 1 aromatic heterocycles. The number of benzene rings is 3. The predicted octanol–water partition coefficient (Wildman–Crippen LogP) is 6.28. The van der Waals surface area contributed by atoms with Gasteiger partial charge in [-0.2, -0.15) is 0 Å². The molecular weight excluding hydrogens is 302 g/mol. The first-order valence-electron chi connectivity index (χ1n) is 7.92. The van der Waals surface area contributed by atoms with E-state index in [0.29, 0.717) is 0 Å². The van der Waals surface area contributed by atoms with Crippen molar-refractivity contribution in [2.24, 2.45) is 0 Å². The lowest BCUT2D eigenvalue weighted by molar-refractivity contribution is 0.661. The molecule has 3 aromatic carbocycles. The van der Waals surface area contributed by atoms with Crippen LogP contribution >= 0.6 is 11.6 Å². The van der Waals surface area contributed by atoms with Gasteiger partial charge in [-0.3, -0.25) is 0 Å². The zero-order chi connectivity index (χ0) is 15.8. The predicted molar refractivity (Wildman–Crippen MR) is 98.4 cm³/mol. The van der Waals surface area contributed by atoms with E-state index in [0.717, 1.165) is 5.02 Å². The Balaban J connectivity index is 1.99. The fourth-order valence-electron chi connectivity index (χ4n) is 4.12. The van der Waals surface area contributed by atoms with Crippen molar-refractivity contribution in [3.63, 3.8) is 0 Å². The van der Waals surface area contributed by atoms with Gasteiger partial charge in [-0.15, -0.1) is 0 Å². The summed E-state index contributed by atoms with van der Waals surface area (Å²) in [5.74, 6) is 0. The molecule has 1 heterocycles. The summed E-state index contributed by atoms with van der Waals surface area (Å²) in [7, 11) is 0. The quantitative estimate of drug-likeness (QED) is 0.393. The molecule has 0 spiro atoms. The summed E-state index contributed by atoms with van der Waals surface area (Å²) in [6, 6.07) is 19.3. The summed E-state index contributed by atoms with van der Waals surface area (Å²) in [4.78, 5) is 3.64. The van der Waals surface area contributed by atoms with E-state index in [1.54, 1.807) is 0 Å². The molecule has 1 aliphatic carbocycles. The van der Waals surface area contributed by atoms with E-state index >= 15 is 0 Å². The van der Waals surface area contributed by atoms with Crippen molar-refractivity contribution < 1.29 is 0 Å². The van der Waals surface area contributed by atoms with Gasteiger partial charge < -0.3 is 4.98 Å². The molecule has 0 saturated heterocycles. The van der Waals surface area contributed by atoms with Crippen molar-refractivity contribution >= 4 is 33.4 Å². The molecule has 0 fully saturated rings. The van der Waals surface area contributed by atoms with Crippen molar-refractivity contribution in [2.45, 2.75) is 19.3 Å². The molecule has 0 aliphatic heterocycles. The molecule has 112 valence electrons. The Bertz CT molecular complexity index is 1100. The molecule has 1 nitrogen and oxygen atoms in total. The van der Waals surface area contributed by atoms with Gasteiger partial charge in [-0.1, -0.05) is 61.8 Å². The van der Waals surface area contributed by atoms with Gasteiger partial charge in [0.15, 0.2) is 0 Å². The van der Waals surface area contributed by atoms with Crippen molar-refractivity contribution in [3.8, 4) is 11.1 Å². The molecule has 0 radical (unpaired) electrons. The van der Waals surface area contributed by atoms with Crippen molar-refractivity contribution in [2.75, 3.05) is 0 Å². The van der Waals surface area contributed by atoms with Crippen molar-refractivity contribution in [1.82, 2.24) is 4.98 Å². The largest absolute Gasteiger partial charge is 0.354 e. The molecule has 0 amide bonds. The van der Waals surface area contributed by atoms with Crippen LogP contribution in [0.15, 0.2) is 54.6 Å². The summed E-state index contributed by atoms with van der Waals surface area (Å²) >= 11 is 6.27. The number of aromatic amines is 1. The van der Waals surface area contributed by atoms with Crippen LogP contribution < -0.4 is 0 Å². The molecule has 0 atom stereocenters. The lowest BCUT2D eigenvalue weighted by Gasteiger charge is -2.21.